The maximum absolute atomic E-state index is 11.7. The maximum Gasteiger partial charge on any atom is 0.224 e. The van der Waals surface area contributed by atoms with Crippen LogP contribution in [0.1, 0.15) is 0 Å². The van der Waals surface area contributed by atoms with E-state index in [-0.39, 0.29) is 0 Å². The molecule has 3 rings (SSSR count). The van der Waals surface area contributed by atoms with Crippen LogP contribution in [0.3, 0.4) is 0 Å². The van der Waals surface area contributed by atoms with E-state index in [1.807, 2.05) is 43.6 Å². The summed E-state index contributed by atoms with van der Waals surface area (Å²) in [5, 5.41) is 16.8. The molecule has 1 aromatic carbocycles. The van der Waals surface area contributed by atoms with Gasteiger partial charge in [0.05, 0.1) is 11.6 Å². The third-order valence-corrected chi connectivity index (χ3v) is 2.82. The van der Waals surface area contributed by atoms with E-state index in [0.717, 1.165) is 21.2 Å². The molecule has 4 heteroatoms. The molecule has 2 heterocycles. The van der Waals surface area contributed by atoms with Gasteiger partial charge in [0, 0.05) is 36.5 Å². The Bertz CT molecular complexity index is 688. The Morgan fingerprint density at radius 2 is 2.06 bits per heavy atom. The molecule has 0 radical (unpaired) electrons. The van der Waals surface area contributed by atoms with Crippen molar-refractivity contribution in [2.45, 2.75) is 0 Å². The third-order valence-electron chi connectivity index (χ3n) is 2.82. The molecular weight excluding hydrogens is 214 g/mol. The molecule has 0 fully saturated rings. The van der Waals surface area contributed by atoms with Crippen LogP contribution in [-0.2, 0) is 7.05 Å². The fraction of sp³-hybridized carbons (Fsp3) is 0.0769. The van der Waals surface area contributed by atoms with Gasteiger partial charge in [-0.05, 0) is 6.07 Å². The van der Waals surface area contributed by atoms with Gasteiger partial charge in [0.1, 0.15) is 0 Å². The van der Waals surface area contributed by atoms with Gasteiger partial charge in [0.2, 0.25) is 5.52 Å². The predicted molar refractivity (Wildman–Crippen MR) is 65.1 cm³/mol. The van der Waals surface area contributed by atoms with E-state index >= 15 is 0 Å². The summed E-state index contributed by atoms with van der Waals surface area (Å²) in [6, 6.07) is 9.40. The Hall–Kier alpha value is -2.36. The molecule has 0 saturated carbocycles. The van der Waals surface area contributed by atoms with E-state index < -0.39 is 0 Å². The van der Waals surface area contributed by atoms with Crippen LogP contribution in [0, 0.1) is 5.21 Å². The van der Waals surface area contributed by atoms with Gasteiger partial charge in [-0.1, -0.05) is 12.1 Å². The summed E-state index contributed by atoms with van der Waals surface area (Å²) in [6.07, 6.45) is 5.28. The van der Waals surface area contributed by atoms with Gasteiger partial charge < -0.3 is 5.21 Å². The predicted octanol–water partition coefficient (Wildman–Crippen LogP) is 1.87. The van der Waals surface area contributed by atoms with Crippen LogP contribution >= 0.6 is 0 Å². The summed E-state index contributed by atoms with van der Waals surface area (Å²) in [6.45, 7) is 0. The summed E-state index contributed by atoms with van der Waals surface area (Å²) in [7, 11) is 1.88. The number of fused-ring (bicyclic) bond motifs is 1. The summed E-state index contributed by atoms with van der Waals surface area (Å²) in [5.74, 6) is 0. The van der Waals surface area contributed by atoms with Crippen molar-refractivity contribution in [1.29, 1.82) is 0 Å². The van der Waals surface area contributed by atoms with E-state index in [1.165, 1.54) is 6.20 Å². The average Bonchev–Trinajstić information content (AvgIpc) is 2.77. The number of benzene rings is 1. The van der Waals surface area contributed by atoms with Crippen LogP contribution in [0.15, 0.2) is 48.9 Å². The second kappa shape index (κ2) is 3.59. The van der Waals surface area contributed by atoms with E-state index in [2.05, 4.69) is 5.10 Å². The van der Waals surface area contributed by atoms with E-state index in [4.69, 9.17) is 0 Å². The lowest BCUT2D eigenvalue weighted by atomic mass is 10.0. The lowest BCUT2D eigenvalue weighted by molar-refractivity contribution is -0.576. The zero-order valence-electron chi connectivity index (χ0n) is 9.37. The number of aromatic nitrogens is 3. The van der Waals surface area contributed by atoms with Gasteiger partial charge >= 0.3 is 0 Å². The first-order valence-electron chi connectivity index (χ1n) is 5.35. The van der Waals surface area contributed by atoms with Crippen molar-refractivity contribution in [3.63, 3.8) is 0 Å². The zero-order chi connectivity index (χ0) is 11.8. The normalized spacial score (nSPS) is 10.9. The van der Waals surface area contributed by atoms with Crippen molar-refractivity contribution in [3.05, 3.63) is 54.1 Å². The first-order valence-corrected chi connectivity index (χ1v) is 5.35. The minimum atomic E-state index is 0.675. The second-order valence-corrected chi connectivity index (χ2v) is 3.98. The third kappa shape index (κ3) is 1.54. The highest BCUT2D eigenvalue weighted by molar-refractivity contribution is 5.92. The van der Waals surface area contributed by atoms with Crippen molar-refractivity contribution < 1.29 is 4.73 Å². The lowest BCUT2D eigenvalue weighted by Gasteiger charge is -2.05. The van der Waals surface area contributed by atoms with E-state index in [0.29, 0.717) is 5.52 Å². The molecule has 2 aromatic heterocycles. The van der Waals surface area contributed by atoms with E-state index in [1.54, 1.807) is 10.9 Å². The largest absolute Gasteiger partial charge is 0.618 e. The topological polar surface area (TPSA) is 44.8 Å². The average molecular weight is 225 g/mol. The molecular formula is C13H11N3O. The van der Waals surface area contributed by atoms with Crippen LogP contribution < -0.4 is 4.73 Å². The number of pyridine rings is 1. The van der Waals surface area contributed by atoms with Gasteiger partial charge in [-0.3, -0.25) is 4.68 Å². The van der Waals surface area contributed by atoms with Crippen molar-refractivity contribution >= 4 is 10.9 Å². The lowest BCUT2D eigenvalue weighted by Crippen LogP contribution is -2.25. The summed E-state index contributed by atoms with van der Waals surface area (Å²) >= 11 is 0. The molecule has 0 unspecified atom stereocenters. The number of rotatable bonds is 1. The van der Waals surface area contributed by atoms with E-state index in [9.17, 15) is 5.21 Å². The molecule has 0 N–H and O–H groups in total. The summed E-state index contributed by atoms with van der Waals surface area (Å²) in [4.78, 5) is 0. The molecule has 0 aliphatic carbocycles. The first-order chi connectivity index (χ1) is 8.25. The Morgan fingerprint density at radius 3 is 2.82 bits per heavy atom. The van der Waals surface area contributed by atoms with Crippen LogP contribution in [0.2, 0.25) is 0 Å². The maximum atomic E-state index is 11.7. The molecule has 0 bridgehead atoms. The van der Waals surface area contributed by atoms with Crippen LogP contribution in [-0.4, -0.2) is 9.78 Å². The standard InChI is InChI=1S/C13H11N3O/c1-15-9-10(8-14-15)11-6-7-16(17)13-5-3-2-4-12(11)13/h2-9H,1H3. The fourth-order valence-electron chi connectivity index (χ4n) is 2.02. The van der Waals surface area contributed by atoms with Gasteiger partial charge in [0.15, 0.2) is 6.20 Å². The smallest absolute Gasteiger partial charge is 0.224 e. The highest BCUT2D eigenvalue weighted by Gasteiger charge is 2.10. The molecule has 0 amide bonds. The molecule has 0 saturated heterocycles. The molecule has 0 aliphatic rings. The molecule has 84 valence electrons. The first kappa shape index (κ1) is 9.84. The Kier molecular flexibility index (Phi) is 2.08. The quantitative estimate of drug-likeness (QED) is 0.469. The van der Waals surface area contributed by atoms with Crippen LogP contribution in [0.25, 0.3) is 22.0 Å². The molecule has 3 aromatic rings. The highest BCUT2D eigenvalue weighted by Crippen LogP contribution is 2.25. The molecule has 0 atom stereocenters. The number of para-hydroxylation sites is 1. The Labute approximate surface area is 98.3 Å². The molecule has 17 heavy (non-hydrogen) atoms. The van der Waals surface area contributed by atoms with Crippen molar-refractivity contribution in [3.8, 4) is 11.1 Å². The van der Waals surface area contributed by atoms with Crippen molar-refractivity contribution in [2.24, 2.45) is 7.05 Å². The van der Waals surface area contributed by atoms with Crippen molar-refractivity contribution in [2.75, 3.05) is 0 Å². The van der Waals surface area contributed by atoms with Gasteiger partial charge in [0.25, 0.3) is 0 Å². The minimum Gasteiger partial charge on any atom is -0.618 e. The number of hydrogen-bond donors (Lipinski definition) is 0. The molecule has 4 nitrogen and oxygen atoms in total. The fourth-order valence-corrected chi connectivity index (χ4v) is 2.02. The van der Waals surface area contributed by atoms with Gasteiger partial charge in [-0.2, -0.15) is 9.83 Å². The zero-order valence-corrected chi connectivity index (χ0v) is 9.37. The van der Waals surface area contributed by atoms with Crippen molar-refractivity contribution in [1.82, 2.24) is 9.78 Å². The summed E-state index contributed by atoms with van der Waals surface area (Å²) in [5.41, 5.74) is 2.72. The van der Waals surface area contributed by atoms with Crippen LogP contribution in [0.4, 0.5) is 0 Å². The monoisotopic (exact) mass is 225 g/mol. The number of nitrogens with zero attached hydrogens (tertiary/aromatic N) is 3. The SMILES string of the molecule is Cn1cc(-c2cc[n+]([O-])c3ccccc23)cn1. The minimum absolute atomic E-state index is 0.675. The van der Waals surface area contributed by atoms with Gasteiger partial charge in [-0.15, -0.1) is 0 Å². The number of aryl methyl sites for hydroxylation is 1. The molecule has 0 aliphatic heterocycles. The highest BCUT2D eigenvalue weighted by atomic mass is 16.5. The second-order valence-electron chi connectivity index (χ2n) is 3.98. The summed E-state index contributed by atoms with van der Waals surface area (Å²) < 4.78 is 2.64. The number of hydrogen-bond acceptors (Lipinski definition) is 2. The Morgan fingerprint density at radius 1 is 1.24 bits per heavy atom. The Balaban J connectivity index is 2.34. The molecule has 0 spiro atoms. The van der Waals surface area contributed by atoms with Crippen LogP contribution in [0.5, 0.6) is 0 Å². The van der Waals surface area contributed by atoms with Gasteiger partial charge in [-0.25, -0.2) is 0 Å².